The predicted molar refractivity (Wildman–Crippen MR) is 85.5 cm³/mol. The molecular formula is C16H24O4S. The van der Waals surface area contributed by atoms with Crippen LogP contribution in [0.5, 0.6) is 5.75 Å². The molecule has 0 radical (unpaired) electrons. The van der Waals surface area contributed by atoms with Gasteiger partial charge in [0.1, 0.15) is 18.5 Å². The Balaban J connectivity index is 2.59. The van der Waals surface area contributed by atoms with E-state index in [1.807, 2.05) is 24.3 Å². The molecule has 0 fully saturated rings. The molecule has 1 atom stereocenters. The van der Waals surface area contributed by atoms with Gasteiger partial charge in [-0.25, -0.2) is 8.42 Å². The minimum Gasteiger partial charge on any atom is -0.491 e. The summed E-state index contributed by atoms with van der Waals surface area (Å²) in [5.41, 5.74) is 1.04. The van der Waals surface area contributed by atoms with E-state index < -0.39 is 15.9 Å². The second kappa shape index (κ2) is 8.20. The molecule has 5 heteroatoms. The van der Waals surface area contributed by atoms with E-state index >= 15 is 0 Å². The van der Waals surface area contributed by atoms with Crippen LogP contribution in [-0.2, 0) is 9.84 Å². The molecule has 1 aromatic rings. The number of aliphatic hydroxyl groups excluding tert-OH is 1. The highest BCUT2D eigenvalue weighted by Gasteiger charge is 2.17. The summed E-state index contributed by atoms with van der Waals surface area (Å²) < 4.78 is 29.0. The number of ether oxygens (including phenoxy) is 1. The standard InChI is InChI=1S/C16H24O4S/c1-4-5-10-21(18,19)12-14(17)11-20-16-9-7-6-8-15(16)13(2)3/h4-9,13-14,17H,10-12H2,1-3H3. The van der Waals surface area contributed by atoms with E-state index in [2.05, 4.69) is 13.8 Å². The molecule has 0 saturated carbocycles. The Morgan fingerprint density at radius 1 is 1.29 bits per heavy atom. The monoisotopic (exact) mass is 312 g/mol. The lowest BCUT2D eigenvalue weighted by molar-refractivity contribution is 0.124. The first kappa shape index (κ1) is 17.7. The molecule has 0 heterocycles. The quantitative estimate of drug-likeness (QED) is 0.749. The van der Waals surface area contributed by atoms with E-state index in [4.69, 9.17) is 4.74 Å². The van der Waals surface area contributed by atoms with Gasteiger partial charge in [-0.2, -0.15) is 0 Å². The minimum atomic E-state index is -3.29. The number of benzene rings is 1. The average Bonchev–Trinajstić information content (AvgIpc) is 2.42. The molecular weight excluding hydrogens is 288 g/mol. The first-order chi connectivity index (χ1) is 9.85. The molecule has 1 unspecified atom stereocenters. The first-order valence-corrected chi connectivity index (χ1v) is 8.89. The Kier molecular flexibility index (Phi) is 6.92. The molecule has 0 bridgehead atoms. The molecule has 118 valence electrons. The molecule has 0 spiro atoms. The Hall–Kier alpha value is -1.33. The van der Waals surface area contributed by atoms with Crippen molar-refractivity contribution in [1.29, 1.82) is 0 Å². The maximum atomic E-state index is 11.7. The summed E-state index contributed by atoms with van der Waals surface area (Å²) in [5, 5.41) is 9.85. The van der Waals surface area contributed by atoms with Crippen LogP contribution in [-0.4, -0.2) is 37.7 Å². The van der Waals surface area contributed by atoms with Gasteiger partial charge in [0.2, 0.25) is 0 Å². The molecule has 4 nitrogen and oxygen atoms in total. The van der Waals surface area contributed by atoms with Crippen LogP contribution in [0, 0.1) is 0 Å². The van der Waals surface area contributed by atoms with Gasteiger partial charge in [-0.05, 0) is 24.5 Å². The summed E-state index contributed by atoms with van der Waals surface area (Å²) in [4.78, 5) is 0. The van der Waals surface area contributed by atoms with Crippen LogP contribution in [0.15, 0.2) is 36.4 Å². The summed E-state index contributed by atoms with van der Waals surface area (Å²) >= 11 is 0. The molecule has 1 rings (SSSR count). The van der Waals surface area contributed by atoms with Crippen LogP contribution in [0.4, 0.5) is 0 Å². The lowest BCUT2D eigenvalue weighted by Crippen LogP contribution is -2.28. The zero-order chi connectivity index (χ0) is 15.9. The van der Waals surface area contributed by atoms with Gasteiger partial charge in [-0.3, -0.25) is 0 Å². The van der Waals surface area contributed by atoms with Crippen molar-refractivity contribution in [2.75, 3.05) is 18.1 Å². The third kappa shape index (κ3) is 6.31. The Morgan fingerprint density at radius 2 is 1.95 bits per heavy atom. The fraction of sp³-hybridized carbons (Fsp3) is 0.500. The number of rotatable bonds is 8. The molecule has 0 amide bonds. The second-order valence-corrected chi connectivity index (χ2v) is 7.46. The largest absolute Gasteiger partial charge is 0.491 e. The molecule has 21 heavy (non-hydrogen) atoms. The van der Waals surface area contributed by atoms with E-state index in [0.29, 0.717) is 11.7 Å². The van der Waals surface area contributed by atoms with E-state index in [-0.39, 0.29) is 18.1 Å². The number of aliphatic hydroxyl groups is 1. The van der Waals surface area contributed by atoms with Crippen LogP contribution in [0.2, 0.25) is 0 Å². The normalized spacial score (nSPS) is 13.8. The molecule has 0 aliphatic heterocycles. The van der Waals surface area contributed by atoms with Crippen molar-refractivity contribution in [2.45, 2.75) is 32.8 Å². The first-order valence-electron chi connectivity index (χ1n) is 7.07. The highest BCUT2D eigenvalue weighted by molar-refractivity contribution is 7.91. The lowest BCUT2D eigenvalue weighted by Gasteiger charge is -2.16. The molecule has 0 aliphatic rings. The van der Waals surface area contributed by atoms with Crippen molar-refractivity contribution in [3.63, 3.8) is 0 Å². The summed E-state index contributed by atoms with van der Waals surface area (Å²) in [6.45, 7) is 5.84. The van der Waals surface area contributed by atoms with Gasteiger partial charge >= 0.3 is 0 Å². The van der Waals surface area contributed by atoms with Gasteiger partial charge in [-0.15, -0.1) is 0 Å². The van der Waals surface area contributed by atoms with Crippen LogP contribution >= 0.6 is 0 Å². The molecule has 0 saturated heterocycles. The predicted octanol–water partition coefficient (Wildman–Crippen LogP) is 2.54. The molecule has 1 N–H and O–H groups in total. The van der Waals surface area contributed by atoms with Gasteiger partial charge in [0.05, 0.1) is 11.5 Å². The number of sulfone groups is 1. The molecule has 0 aromatic heterocycles. The summed E-state index contributed by atoms with van der Waals surface area (Å²) in [6.07, 6.45) is 2.22. The number of para-hydroxylation sites is 1. The summed E-state index contributed by atoms with van der Waals surface area (Å²) in [7, 11) is -3.29. The van der Waals surface area contributed by atoms with Crippen LogP contribution < -0.4 is 4.74 Å². The van der Waals surface area contributed by atoms with E-state index in [9.17, 15) is 13.5 Å². The number of hydrogen-bond donors (Lipinski definition) is 1. The maximum Gasteiger partial charge on any atom is 0.156 e. The van der Waals surface area contributed by atoms with Crippen LogP contribution in [0.25, 0.3) is 0 Å². The highest BCUT2D eigenvalue weighted by Crippen LogP contribution is 2.25. The van der Waals surface area contributed by atoms with Gasteiger partial charge < -0.3 is 9.84 Å². The summed E-state index contributed by atoms with van der Waals surface area (Å²) in [5.74, 6) is 0.652. The molecule has 1 aromatic carbocycles. The van der Waals surface area contributed by atoms with Gasteiger partial charge in [0.25, 0.3) is 0 Å². The fourth-order valence-corrected chi connectivity index (χ4v) is 3.23. The Bertz CT molecular complexity index is 561. The van der Waals surface area contributed by atoms with E-state index in [1.165, 1.54) is 0 Å². The van der Waals surface area contributed by atoms with Crippen molar-refractivity contribution in [3.05, 3.63) is 42.0 Å². The minimum absolute atomic E-state index is 0.0290. The number of hydrogen-bond acceptors (Lipinski definition) is 4. The third-order valence-corrected chi connectivity index (χ3v) is 4.60. The molecule has 0 aliphatic carbocycles. The van der Waals surface area contributed by atoms with E-state index in [1.54, 1.807) is 19.1 Å². The third-order valence-electron chi connectivity index (χ3n) is 3.00. The van der Waals surface area contributed by atoms with Crippen LogP contribution in [0.3, 0.4) is 0 Å². The van der Waals surface area contributed by atoms with Crippen molar-refractivity contribution in [1.82, 2.24) is 0 Å². The van der Waals surface area contributed by atoms with Gasteiger partial charge in [0, 0.05) is 0 Å². The SMILES string of the molecule is CC=CCS(=O)(=O)CC(O)COc1ccccc1C(C)C. The van der Waals surface area contributed by atoms with E-state index in [0.717, 1.165) is 5.56 Å². The average molecular weight is 312 g/mol. The van der Waals surface area contributed by atoms with Crippen molar-refractivity contribution in [3.8, 4) is 5.75 Å². The number of allylic oxidation sites excluding steroid dienone is 1. The smallest absolute Gasteiger partial charge is 0.156 e. The fourth-order valence-electron chi connectivity index (χ4n) is 1.93. The van der Waals surface area contributed by atoms with Crippen molar-refractivity contribution >= 4 is 9.84 Å². The van der Waals surface area contributed by atoms with Crippen molar-refractivity contribution < 1.29 is 18.3 Å². The van der Waals surface area contributed by atoms with Gasteiger partial charge in [-0.1, -0.05) is 44.2 Å². The zero-order valence-corrected chi connectivity index (χ0v) is 13.6. The highest BCUT2D eigenvalue weighted by atomic mass is 32.2. The second-order valence-electron chi connectivity index (χ2n) is 5.30. The Labute approximate surface area is 127 Å². The summed E-state index contributed by atoms with van der Waals surface area (Å²) in [6, 6.07) is 7.59. The van der Waals surface area contributed by atoms with Crippen molar-refractivity contribution in [2.24, 2.45) is 0 Å². The Morgan fingerprint density at radius 3 is 2.57 bits per heavy atom. The van der Waals surface area contributed by atoms with Crippen LogP contribution in [0.1, 0.15) is 32.3 Å². The maximum absolute atomic E-state index is 11.7. The topological polar surface area (TPSA) is 63.6 Å². The zero-order valence-electron chi connectivity index (χ0n) is 12.8. The lowest BCUT2D eigenvalue weighted by atomic mass is 10.0. The van der Waals surface area contributed by atoms with Gasteiger partial charge in [0.15, 0.2) is 9.84 Å².